The molecule has 3 rings (SSSR count). The molecule has 0 unspecified atom stereocenters. The Morgan fingerprint density at radius 3 is 2.17 bits per heavy atom. The van der Waals surface area contributed by atoms with Gasteiger partial charge in [0.05, 0.1) is 18.3 Å². The third kappa shape index (κ3) is 6.20. The largest absolute Gasteiger partial charge is 0.416 e. The first-order valence-corrected chi connectivity index (χ1v) is 10.1. The van der Waals surface area contributed by atoms with Crippen LogP contribution in [0.2, 0.25) is 5.02 Å². The van der Waals surface area contributed by atoms with Crippen molar-refractivity contribution >= 4 is 17.5 Å². The summed E-state index contributed by atoms with van der Waals surface area (Å²) in [5, 5.41) is 0.621. The molecule has 4 nitrogen and oxygen atoms in total. The van der Waals surface area contributed by atoms with Crippen molar-refractivity contribution in [3.8, 4) is 0 Å². The van der Waals surface area contributed by atoms with Crippen LogP contribution < -0.4 is 0 Å². The van der Waals surface area contributed by atoms with E-state index in [1.165, 1.54) is 12.1 Å². The van der Waals surface area contributed by atoms with Crippen molar-refractivity contribution in [1.29, 1.82) is 0 Å². The number of carbonyl (C=O) groups excluding carboxylic acids is 1. The lowest BCUT2D eigenvalue weighted by molar-refractivity contribution is -0.137. The molecule has 162 valence electrons. The number of piperazine rings is 1. The van der Waals surface area contributed by atoms with Gasteiger partial charge in [0.15, 0.2) is 0 Å². The lowest BCUT2D eigenvalue weighted by Crippen LogP contribution is -2.49. The molecular weight excluding hydrogens is 417 g/mol. The average Bonchev–Trinajstić information content (AvgIpc) is 2.72. The molecule has 0 aromatic heterocycles. The molecule has 8 heteroatoms. The number of ether oxygens (including phenoxy) is 1. The highest BCUT2D eigenvalue weighted by Crippen LogP contribution is 2.29. The SMILES string of the molecule is CC(=O)N1CCN(C[C@@H](OCc2ccc(C(F)(F)F)cc2)c2ccc(Cl)cc2)CC1. The van der Waals surface area contributed by atoms with Crippen molar-refractivity contribution in [3.05, 3.63) is 70.2 Å². The number of rotatable bonds is 6. The number of amides is 1. The van der Waals surface area contributed by atoms with Gasteiger partial charge in [-0.2, -0.15) is 13.2 Å². The normalized spacial score (nSPS) is 16.5. The Hall–Kier alpha value is -2.09. The number of alkyl halides is 3. The second-order valence-corrected chi connectivity index (χ2v) is 7.79. The van der Waals surface area contributed by atoms with Gasteiger partial charge in [0.1, 0.15) is 0 Å². The van der Waals surface area contributed by atoms with Crippen LogP contribution in [0.3, 0.4) is 0 Å². The Labute approximate surface area is 179 Å². The monoisotopic (exact) mass is 440 g/mol. The summed E-state index contributed by atoms with van der Waals surface area (Å²) in [6.45, 7) is 5.20. The number of hydrogen-bond acceptors (Lipinski definition) is 3. The zero-order valence-corrected chi connectivity index (χ0v) is 17.4. The minimum Gasteiger partial charge on any atom is -0.368 e. The Kier molecular flexibility index (Phi) is 7.39. The van der Waals surface area contributed by atoms with E-state index in [1.807, 2.05) is 17.0 Å². The first-order chi connectivity index (χ1) is 14.2. The van der Waals surface area contributed by atoms with Crippen LogP contribution in [0, 0.1) is 0 Å². The molecule has 0 spiro atoms. The maximum Gasteiger partial charge on any atom is 0.416 e. The quantitative estimate of drug-likeness (QED) is 0.648. The fourth-order valence-electron chi connectivity index (χ4n) is 3.40. The van der Waals surface area contributed by atoms with E-state index < -0.39 is 11.7 Å². The van der Waals surface area contributed by atoms with Crippen molar-refractivity contribution in [1.82, 2.24) is 9.80 Å². The smallest absolute Gasteiger partial charge is 0.368 e. The topological polar surface area (TPSA) is 32.8 Å². The highest BCUT2D eigenvalue weighted by Gasteiger charge is 2.30. The lowest BCUT2D eigenvalue weighted by atomic mass is 10.1. The van der Waals surface area contributed by atoms with Crippen molar-refractivity contribution in [2.24, 2.45) is 0 Å². The predicted molar refractivity (Wildman–Crippen MR) is 109 cm³/mol. The van der Waals surface area contributed by atoms with Crippen LogP contribution in [0.25, 0.3) is 0 Å². The van der Waals surface area contributed by atoms with Crippen LogP contribution >= 0.6 is 11.6 Å². The summed E-state index contributed by atoms with van der Waals surface area (Å²) in [7, 11) is 0. The highest BCUT2D eigenvalue weighted by atomic mass is 35.5. The second-order valence-electron chi connectivity index (χ2n) is 7.35. The average molecular weight is 441 g/mol. The molecule has 0 N–H and O–H groups in total. The molecule has 1 amide bonds. The summed E-state index contributed by atoms with van der Waals surface area (Å²) in [5.41, 5.74) is 0.938. The van der Waals surface area contributed by atoms with Gasteiger partial charge in [0.2, 0.25) is 5.91 Å². The zero-order valence-electron chi connectivity index (χ0n) is 16.7. The maximum absolute atomic E-state index is 12.8. The number of benzene rings is 2. The van der Waals surface area contributed by atoms with E-state index in [9.17, 15) is 18.0 Å². The predicted octanol–water partition coefficient (Wildman–Crippen LogP) is 4.78. The zero-order chi connectivity index (χ0) is 21.7. The van der Waals surface area contributed by atoms with Gasteiger partial charge in [-0.15, -0.1) is 0 Å². The number of nitrogens with zero attached hydrogens (tertiary/aromatic N) is 2. The van der Waals surface area contributed by atoms with Crippen molar-refractivity contribution in [2.75, 3.05) is 32.7 Å². The lowest BCUT2D eigenvalue weighted by Gasteiger charge is -2.36. The van der Waals surface area contributed by atoms with Crippen molar-refractivity contribution in [3.63, 3.8) is 0 Å². The molecule has 1 aliphatic rings. The summed E-state index contributed by atoms with van der Waals surface area (Å²) >= 11 is 6.00. The molecule has 1 aliphatic heterocycles. The second kappa shape index (κ2) is 9.81. The minimum absolute atomic E-state index is 0.0717. The third-order valence-electron chi connectivity index (χ3n) is 5.22. The van der Waals surface area contributed by atoms with E-state index in [0.717, 1.165) is 30.8 Å². The molecule has 1 heterocycles. The molecule has 0 bridgehead atoms. The minimum atomic E-state index is -4.35. The molecular formula is C22H24ClF3N2O2. The van der Waals surface area contributed by atoms with E-state index in [1.54, 1.807) is 19.1 Å². The molecule has 2 aromatic rings. The number of hydrogen-bond donors (Lipinski definition) is 0. The van der Waals surface area contributed by atoms with Gasteiger partial charge in [0, 0.05) is 44.7 Å². The molecule has 30 heavy (non-hydrogen) atoms. The maximum atomic E-state index is 12.8. The van der Waals surface area contributed by atoms with Crippen LogP contribution in [-0.4, -0.2) is 48.4 Å². The van der Waals surface area contributed by atoms with Gasteiger partial charge in [-0.25, -0.2) is 0 Å². The van der Waals surface area contributed by atoms with E-state index >= 15 is 0 Å². The highest BCUT2D eigenvalue weighted by molar-refractivity contribution is 6.30. The summed E-state index contributed by atoms with van der Waals surface area (Å²) < 4.78 is 44.4. The van der Waals surface area contributed by atoms with E-state index in [-0.39, 0.29) is 18.6 Å². The number of halogens is 4. The Morgan fingerprint density at radius 1 is 1.03 bits per heavy atom. The summed E-state index contributed by atoms with van der Waals surface area (Å²) in [5.74, 6) is 0.0717. The molecule has 0 radical (unpaired) electrons. The van der Waals surface area contributed by atoms with Gasteiger partial charge in [-0.3, -0.25) is 9.69 Å². The van der Waals surface area contributed by atoms with Crippen LogP contribution in [0.15, 0.2) is 48.5 Å². The van der Waals surface area contributed by atoms with Gasteiger partial charge < -0.3 is 9.64 Å². The molecule has 1 saturated heterocycles. The number of carbonyl (C=O) groups is 1. The Bertz CT molecular complexity index is 833. The Morgan fingerprint density at radius 2 is 1.63 bits per heavy atom. The van der Waals surface area contributed by atoms with E-state index in [0.29, 0.717) is 30.2 Å². The van der Waals surface area contributed by atoms with E-state index in [4.69, 9.17) is 16.3 Å². The summed E-state index contributed by atoms with van der Waals surface area (Å²) in [6.07, 6.45) is -4.62. The fourth-order valence-corrected chi connectivity index (χ4v) is 3.52. The summed E-state index contributed by atoms with van der Waals surface area (Å²) in [6, 6.07) is 12.4. The summed E-state index contributed by atoms with van der Waals surface area (Å²) in [4.78, 5) is 15.6. The van der Waals surface area contributed by atoms with Crippen LogP contribution in [0.5, 0.6) is 0 Å². The molecule has 2 aromatic carbocycles. The van der Waals surface area contributed by atoms with Crippen molar-refractivity contribution in [2.45, 2.75) is 25.8 Å². The molecule has 0 aliphatic carbocycles. The fraction of sp³-hybridized carbons (Fsp3) is 0.409. The van der Waals surface area contributed by atoms with Crippen LogP contribution in [0.1, 0.15) is 29.7 Å². The van der Waals surface area contributed by atoms with Crippen LogP contribution in [0.4, 0.5) is 13.2 Å². The van der Waals surface area contributed by atoms with Crippen LogP contribution in [-0.2, 0) is 22.3 Å². The van der Waals surface area contributed by atoms with E-state index in [2.05, 4.69) is 4.90 Å². The van der Waals surface area contributed by atoms with Gasteiger partial charge in [0.25, 0.3) is 0 Å². The standard InChI is InChI=1S/C22H24ClF3N2O2/c1-16(29)28-12-10-27(11-13-28)14-21(18-4-8-20(23)9-5-18)30-15-17-2-6-19(7-3-17)22(24,25)26/h2-9,21H,10-15H2,1H3/t21-/m1/s1. The van der Waals surface area contributed by atoms with Gasteiger partial charge in [-0.05, 0) is 35.4 Å². The molecule has 1 atom stereocenters. The first-order valence-electron chi connectivity index (χ1n) is 9.73. The van der Waals surface area contributed by atoms with Gasteiger partial charge in [-0.1, -0.05) is 35.9 Å². The third-order valence-corrected chi connectivity index (χ3v) is 5.47. The molecule has 0 saturated carbocycles. The molecule has 1 fully saturated rings. The first kappa shape index (κ1) is 22.6. The van der Waals surface area contributed by atoms with Gasteiger partial charge >= 0.3 is 6.18 Å². The van der Waals surface area contributed by atoms with Crippen molar-refractivity contribution < 1.29 is 22.7 Å². The Balaban J connectivity index is 1.66.